The maximum atomic E-state index is 12.7. The Bertz CT molecular complexity index is 488. The molecule has 0 aliphatic heterocycles. The summed E-state index contributed by atoms with van der Waals surface area (Å²) in [6, 6.07) is 8.30. The van der Waals surface area contributed by atoms with Crippen LogP contribution in [0.4, 0.5) is 10.2 Å². The van der Waals surface area contributed by atoms with Crippen molar-refractivity contribution in [1.29, 1.82) is 0 Å². The largest absolute Gasteiger partial charge is 0.366 e. The lowest BCUT2D eigenvalue weighted by Gasteiger charge is -2.07. The van der Waals surface area contributed by atoms with Crippen LogP contribution in [0.15, 0.2) is 30.3 Å². The number of anilines is 1. The molecule has 0 fully saturated rings. The Kier molecular flexibility index (Phi) is 3.32. The van der Waals surface area contributed by atoms with Gasteiger partial charge in [0.15, 0.2) is 0 Å². The highest BCUT2D eigenvalue weighted by Crippen LogP contribution is 2.09. The van der Waals surface area contributed by atoms with Crippen molar-refractivity contribution in [2.45, 2.75) is 20.4 Å². The molecule has 17 heavy (non-hydrogen) atoms. The van der Waals surface area contributed by atoms with Crippen molar-refractivity contribution >= 4 is 5.82 Å². The molecule has 1 heterocycles. The first-order valence-electron chi connectivity index (χ1n) is 5.44. The summed E-state index contributed by atoms with van der Waals surface area (Å²) in [6.45, 7) is 4.41. The predicted octanol–water partition coefficient (Wildman–Crippen LogP) is 2.84. The maximum absolute atomic E-state index is 12.7. The smallest absolute Gasteiger partial charge is 0.130 e. The molecule has 1 aromatic heterocycles. The van der Waals surface area contributed by atoms with E-state index in [1.165, 1.54) is 12.1 Å². The number of rotatable bonds is 3. The van der Waals surface area contributed by atoms with Crippen LogP contribution >= 0.6 is 0 Å². The van der Waals surface area contributed by atoms with Gasteiger partial charge in [0.25, 0.3) is 0 Å². The maximum Gasteiger partial charge on any atom is 0.130 e. The summed E-state index contributed by atoms with van der Waals surface area (Å²) in [5.74, 6) is 1.31. The number of nitrogens with one attached hydrogen (secondary N) is 1. The van der Waals surface area contributed by atoms with Crippen LogP contribution in [0.25, 0.3) is 0 Å². The van der Waals surface area contributed by atoms with E-state index in [4.69, 9.17) is 0 Å². The molecule has 0 saturated carbocycles. The highest BCUT2D eigenvalue weighted by Gasteiger charge is 1.99. The zero-order valence-electron chi connectivity index (χ0n) is 9.87. The summed E-state index contributed by atoms with van der Waals surface area (Å²) in [4.78, 5) is 8.47. The molecule has 4 heteroatoms. The Balaban J connectivity index is 2.04. The normalized spacial score (nSPS) is 10.3. The van der Waals surface area contributed by atoms with Crippen LogP contribution in [0, 0.1) is 19.7 Å². The number of aryl methyl sites for hydroxylation is 2. The Morgan fingerprint density at radius 1 is 1.12 bits per heavy atom. The van der Waals surface area contributed by atoms with Gasteiger partial charge in [-0.3, -0.25) is 0 Å². The molecule has 0 atom stereocenters. The SMILES string of the molecule is Cc1cc(NCc2ccc(F)cc2)nc(C)n1. The van der Waals surface area contributed by atoms with E-state index in [-0.39, 0.29) is 5.82 Å². The van der Waals surface area contributed by atoms with Crippen molar-refractivity contribution < 1.29 is 4.39 Å². The molecule has 0 amide bonds. The fraction of sp³-hybridized carbons (Fsp3) is 0.231. The van der Waals surface area contributed by atoms with E-state index in [1.54, 1.807) is 12.1 Å². The molecule has 1 aromatic carbocycles. The number of nitrogens with zero attached hydrogens (tertiary/aromatic N) is 2. The van der Waals surface area contributed by atoms with Gasteiger partial charge in [-0.25, -0.2) is 14.4 Å². The average Bonchev–Trinajstić information content (AvgIpc) is 2.27. The van der Waals surface area contributed by atoms with Gasteiger partial charge >= 0.3 is 0 Å². The third kappa shape index (κ3) is 3.24. The van der Waals surface area contributed by atoms with Gasteiger partial charge in [0.1, 0.15) is 17.5 Å². The molecular formula is C13H14FN3. The van der Waals surface area contributed by atoms with Crippen LogP contribution < -0.4 is 5.32 Å². The van der Waals surface area contributed by atoms with Crippen LogP contribution in [0.5, 0.6) is 0 Å². The molecule has 0 spiro atoms. The van der Waals surface area contributed by atoms with Crippen LogP contribution in [-0.2, 0) is 6.54 Å². The number of hydrogen-bond donors (Lipinski definition) is 1. The van der Waals surface area contributed by atoms with Crippen molar-refractivity contribution in [2.75, 3.05) is 5.32 Å². The number of benzene rings is 1. The molecule has 2 rings (SSSR count). The van der Waals surface area contributed by atoms with Crippen LogP contribution in [0.2, 0.25) is 0 Å². The molecule has 0 bridgehead atoms. The van der Waals surface area contributed by atoms with E-state index in [1.807, 2.05) is 19.9 Å². The highest BCUT2D eigenvalue weighted by molar-refractivity contribution is 5.36. The zero-order chi connectivity index (χ0) is 12.3. The fourth-order valence-corrected chi connectivity index (χ4v) is 1.60. The second-order valence-electron chi connectivity index (χ2n) is 3.92. The van der Waals surface area contributed by atoms with Gasteiger partial charge in [-0.1, -0.05) is 12.1 Å². The Morgan fingerprint density at radius 3 is 2.47 bits per heavy atom. The molecule has 0 saturated heterocycles. The lowest BCUT2D eigenvalue weighted by molar-refractivity contribution is 0.627. The van der Waals surface area contributed by atoms with Gasteiger partial charge < -0.3 is 5.32 Å². The monoisotopic (exact) mass is 231 g/mol. The third-order valence-corrected chi connectivity index (χ3v) is 2.35. The summed E-state index contributed by atoms with van der Waals surface area (Å²) in [5.41, 5.74) is 1.94. The van der Waals surface area contributed by atoms with E-state index in [2.05, 4.69) is 15.3 Å². The summed E-state index contributed by atoms with van der Waals surface area (Å²) in [6.07, 6.45) is 0. The van der Waals surface area contributed by atoms with Crippen molar-refractivity contribution in [1.82, 2.24) is 9.97 Å². The van der Waals surface area contributed by atoms with Crippen LogP contribution in [0.1, 0.15) is 17.1 Å². The molecule has 0 aliphatic rings. The van der Waals surface area contributed by atoms with E-state index in [0.29, 0.717) is 6.54 Å². The highest BCUT2D eigenvalue weighted by atomic mass is 19.1. The standard InChI is InChI=1S/C13H14FN3/c1-9-7-13(17-10(2)16-9)15-8-11-3-5-12(14)6-4-11/h3-7H,8H2,1-2H3,(H,15,16,17). The summed E-state index contributed by atoms with van der Waals surface area (Å²) in [5, 5.41) is 3.19. The zero-order valence-corrected chi connectivity index (χ0v) is 9.87. The number of hydrogen-bond acceptors (Lipinski definition) is 3. The quantitative estimate of drug-likeness (QED) is 0.882. The first-order chi connectivity index (χ1) is 8.13. The Labute approximate surface area is 99.7 Å². The van der Waals surface area contributed by atoms with Gasteiger partial charge in [0.05, 0.1) is 0 Å². The van der Waals surface area contributed by atoms with E-state index in [9.17, 15) is 4.39 Å². The van der Waals surface area contributed by atoms with Crippen molar-refractivity contribution in [3.8, 4) is 0 Å². The summed E-state index contributed by atoms with van der Waals surface area (Å²) < 4.78 is 12.7. The van der Waals surface area contributed by atoms with Crippen molar-refractivity contribution in [2.24, 2.45) is 0 Å². The minimum absolute atomic E-state index is 0.220. The van der Waals surface area contributed by atoms with Crippen molar-refractivity contribution in [3.05, 3.63) is 53.2 Å². The van der Waals surface area contributed by atoms with E-state index < -0.39 is 0 Å². The van der Waals surface area contributed by atoms with Gasteiger partial charge in [0.2, 0.25) is 0 Å². The molecule has 3 nitrogen and oxygen atoms in total. The molecular weight excluding hydrogens is 217 g/mol. The first kappa shape index (κ1) is 11.5. The van der Waals surface area contributed by atoms with E-state index >= 15 is 0 Å². The molecule has 1 N–H and O–H groups in total. The molecule has 0 unspecified atom stereocenters. The lowest BCUT2D eigenvalue weighted by Crippen LogP contribution is -2.03. The van der Waals surface area contributed by atoms with Crippen LogP contribution in [0.3, 0.4) is 0 Å². The summed E-state index contributed by atoms with van der Waals surface area (Å²) >= 11 is 0. The second kappa shape index (κ2) is 4.91. The fourth-order valence-electron chi connectivity index (χ4n) is 1.60. The van der Waals surface area contributed by atoms with Gasteiger partial charge in [-0.05, 0) is 31.5 Å². The third-order valence-electron chi connectivity index (χ3n) is 2.35. The lowest BCUT2D eigenvalue weighted by atomic mass is 10.2. The van der Waals surface area contributed by atoms with E-state index in [0.717, 1.165) is 22.9 Å². The second-order valence-corrected chi connectivity index (χ2v) is 3.92. The first-order valence-corrected chi connectivity index (χ1v) is 5.44. The average molecular weight is 231 g/mol. The Hall–Kier alpha value is -1.97. The Morgan fingerprint density at radius 2 is 1.82 bits per heavy atom. The topological polar surface area (TPSA) is 37.8 Å². The molecule has 2 aromatic rings. The van der Waals surface area contributed by atoms with Gasteiger partial charge in [-0.2, -0.15) is 0 Å². The van der Waals surface area contributed by atoms with Gasteiger partial charge in [-0.15, -0.1) is 0 Å². The minimum atomic E-state index is -0.220. The number of aromatic nitrogens is 2. The minimum Gasteiger partial charge on any atom is -0.366 e. The molecule has 0 radical (unpaired) electrons. The van der Waals surface area contributed by atoms with Crippen molar-refractivity contribution in [3.63, 3.8) is 0 Å². The molecule has 0 aliphatic carbocycles. The van der Waals surface area contributed by atoms with Gasteiger partial charge in [0, 0.05) is 18.3 Å². The molecule has 88 valence electrons. The summed E-state index contributed by atoms with van der Waals surface area (Å²) in [7, 11) is 0. The number of halogens is 1. The van der Waals surface area contributed by atoms with Crippen LogP contribution in [-0.4, -0.2) is 9.97 Å². The predicted molar refractivity (Wildman–Crippen MR) is 65.2 cm³/mol.